The van der Waals surface area contributed by atoms with Gasteiger partial charge in [0.05, 0.1) is 6.10 Å². The fraction of sp³-hybridized carbons (Fsp3) is 0.682. The molecule has 3 aliphatic carbocycles. The van der Waals surface area contributed by atoms with Crippen molar-refractivity contribution in [2.45, 2.75) is 73.0 Å². The quantitative estimate of drug-likeness (QED) is 0.427. The summed E-state index contributed by atoms with van der Waals surface area (Å²) in [4.78, 5) is 37.9. The second kappa shape index (κ2) is 6.55. The molecule has 0 bridgehead atoms. The fourth-order valence-electron chi connectivity index (χ4n) is 5.97. The topological polar surface area (TPSA) is 101 Å². The van der Waals surface area contributed by atoms with Crippen LogP contribution in [0.5, 0.6) is 0 Å². The highest BCUT2D eigenvalue weighted by atomic mass is 16.6. The van der Waals surface area contributed by atoms with Crippen molar-refractivity contribution < 1.29 is 29.3 Å². The maximum atomic E-state index is 13.3. The molecular formula is C22H30O6. The minimum atomic E-state index is -1.17. The molecule has 3 aliphatic rings. The molecule has 154 valence electrons. The van der Waals surface area contributed by atoms with Crippen LogP contribution in [-0.2, 0) is 19.1 Å². The lowest BCUT2D eigenvalue weighted by molar-refractivity contribution is -0.166. The number of fused-ring (bicyclic) bond motifs is 2. The van der Waals surface area contributed by atoms with Crippen LogP contribution in [0.2, 0.25) is 0 Å². The first-order chi connectivity index (χ1) is 12.8. The van der Waals surface area contributed by atoms with Gasteiger partial charge in [0, 0.05) is 35.0 Å². The van der Waals surface area contributed by atoms with Gasteiger partial charge in [-0.05, 0) is 24.2 Å². The molecule has 2 N–H and O–H groups in total. The zero-order valence-electron chi connectivity index (χ0n) is 17.5. The smallest absolute Gasteiger partial charge is 0.303 e. The van der Waals surface area contributed by atoms with Crippen LogP contribution < -0.4 is 0 Å². The van der Waals surface area contributed by atoms with Crippen molar-refractivity contribution in [2.24, 2.45) is 22.7 Å². The van der Waals surface area contributed by atoms with Crippen LogP contribution >= 0.6 is 0 Å². The lowest BCUT2D eigenvalue weighted by Gasteiger charge is -2.58. The molecule has 0 heterocycles. The maximum Gasteiger partial charge on any atom is 0.303 e. The monoisotopic (exact) mass is 390 g/mol. The van der Waals surface area contributed by atoms with E-state index in [0.29, 0.717) is 6.42 Å². The first-order valence-electron chi connectivity index (χ1n) is 9.97. The largest absolute Gasteiger partial charge is 0.507 e. The predicted octanol–water partition coefficient (Wildman–Crippen LogP) is 3.04. The van der Waals surface area contributed by atoms with Crippen molar-refractivity contribution in [1.29, 1.82) is 0 Å². The van der Waals surface area contributed by atoms with E-state index in [1.54, 1.807) is 13.8 Å². The summed E-state index contributed by atoms with van der Waals surface area (Å²) in [6.07, 6.45) is 0.0481. The molecule has 6 heteroatoms. The van der Waals surface area contributed by atoms with Crippen LogP contribution in [0.25, 0.3) is 0 Å². The Labute approximate surface area is 165 Å². The minimum Gasteiger partial charge on any atom is -0.507 e. The molecule has 4 atom stereocenters. The van der Waals surface area contributed by atoms with Crippen LogP contribution in [0.15, 0.2) is 22.5 Å². The van der Waals surface area contributed by atoms with Gasteiger partial charge in [-0.3, -0.25) is 14.4 Å². The van der Waals surface area contributed by atoms with Gasteiger partial charge >= 0.3 is 5.97 Å². The van der Waals surface area contributed by atoms with E-state index in [4.69, 9.17) is 4.74 Å². The van der Waals surface area contributed by atoms with Gasteiger partial charge in [0.15, 0.2) is 6.10 Å². The molecule has 2 unspecified atom stereocenters. The molecule has 1 fully saturated rings. The number of carbonyl (C=O) groups excluding carboxylic acids is 3. The lowest BCUT2D eigenvalue weighted by Crippen LogP contribution is -2.60. The molecule has 0 spiro atoms. The Kier molecular flexibility index (Phi) is 4.86. The SMILES string of the molecule is CC(=O)O[C@H]1C2=C(C(=O)C(=O)C(C(C)C)=C2O)[C@@]2(C)CCCC(C)(C)C2C1O. The zero-order chi connectivity index (χ0) is 21.2. The highest BCUT2D eigenvalue weighted by Crippen LogP contribution is 2.61. The maximum absolute atomic E-state index is 13.3. The average Bonchev–Trinajstić information content (AvgIpc) is 2.53. The van der Waals surface area contributed by atoms with E-state index in [1.807, 2.05) is 20.8 Å². The zero-order valence-corrected chi connectivity index (χ0v) is 17.5. The molecule has 3 rings (SSSR count). The van der Waals surface area contributed by atoms with E-state index in [1.165, 1.54) is 6.92 Å². The lowest BCUT2D eigenvalue weighted by atomic mass is 9.47. The van der Waals surface area contributed by atoms with Crippen molar-refractivity contribution in [1.82, 2.24) is 0 Å². The molecule has 1 saturated carbocycles. The second-order valence-electron chi connectivity index (χ2n) is 9.62. The summed E-state index contributed by atoms with van der Waals surface area (Å²) in [7, 11) is 0. The Morgan fingerprint density at radius 3 is 2.29 bits per heavy atom. The Morgan fingerprint density at radius 1 is 1.14 bits per heavy atom. The van der Waals surface area contributed by atoms with E-state index in [2.05, 4.69) is 0 Å². The van der Waals surface area contributed by atoms with Crippen LogP contribution in [0.4, 0.5) is 0 Å². The van der Waals surface area contributed by atoms with Crippen molar-refractivity contribution in [3.8, 4) is 0 Å². The van der Waals surface area contributed by atoms with Gasteiger partial charge in [0.1, 0.15) is 5.76 Å². The standard InChI is InChI=1S/C22H30O6/c1-10(2)12-15(24)13-14(17(26)16(12)25)22(6)9-7-8-21(4,5)20(22)18(27)19(13)28-11(3)23/h10,18-20,24,27H,7-9H2,1-6H3/t18?,19-,20?,22+/m0/s1. The van der Waals surface area contributed by atoms with E-state index < -0.39 is 35.2 Å². The molecule has 0 aromatic carbocycles. The number of hydrogen-bond donors (Lipinski definition) is 2. The van der Waals surface area contributed by atoms with Crippen LogP contribution in [-0.4, -0.2) is 40.0 Å². The van der Waals surface area contributed by atoms with E-state index >= 15 is 0 Å². The molecule has 0 saturated heterocycles. The molecule has 0 amide bonds. The predicted molar refractivity (Wildman–Crippen MR) is 102 cm³/mol. The third-order valence-electron chi connectivity index (χ3n) is 6.88. The molecule has 6 nitrogen and oxygen atoms in total. The minimum absolute atomic E-state index is 0.0187. The van der Waals surface area contributed by atoms with E-state index in [-0.39, 0.29) is 39.7 Å². The molecule has 0 aromatic heterocycles. The first-order valence-corrected chi connectivity index (χ1v) is 9.97. The number of Topliss-reactive ketones (excluding diaryl/α,β-unsaturated/α-hetero) is 2. The molecule has 28 heavy (non-hydrogen) atoms. The molecular weight excluding hydrogens is 360 g/mol. The van der Waals surface area contributed by atoms with E-state index in [0.717, 1.165) is 12.8 Å². The van der Waals surface area contributed by atoms with Crippen molar-refractivity contribution in [3.05, 3.63) is 22.5 Å². The normalized spacial score (nSPS) is 35.1. The average molecular weight is 390 g/mol. The third-order valence-corrected chi connectivity index (χ3v) is 6.88. The van der Waals surface area contributed by atoms with Crippen molar-refractivity contribution in [3.63, 3.8) is 0 Å². The van der Waals surface area contributed by atoms with Gasteiger partial charge in [0.25, 0.3) is 0 Å². The highest BCUT2D eigenvalue weighted by Gasteiger charge is 2.62. The summed E-state index contributed by atoms with van der Waals surface area (Å²) >= 11 is 0. The Hall–Kier alpha value is -1.95. The highest BCUT2D eigenvalue weighted by molar-refractivity contribution is 6.50. The number of carbonyl (C=O) groups is 3. The molecule has 0 radical (unpaired) electrons. The first kappa shape index (κ1) is 20.8. The van der Waals surface area contributed by atoms with E-state index in [9.17, 15) is 24.6 Å². The number of aliphatic hydroxyl groups excluding tert-OH is 2. The number of esters is 1. The number of hydrogen-bond acceptors (Lipinski definition) is 6. The number of ketones is 2. The number of aliphatic hydroxyl groups is 2. The second-order valence-corrected chi connectivity index (χ2v) is 9.62. The summed E-state index contributed by atoms with van der Waals surface area (Å²) in [5.74, 6) is -3.05. The van der Waals surface area contributed by atoms with Crippen LogP contribution in [0.1, 0.15) is 60.8 Å². The van der Waals surface area contributed by atoms with Gasteiger partial charge in [0.2, 0.25) is 11.6 Å². The summed E-state index contributed by atoms with van der Waals surface area (Å²) in [5.41, 5.74) is -0.757. The molecule has 0 aromatic rings. The summed E-state index contributed by atoms with van der Waals surface area (Å²) in [5, 5.41) is 22.3. The summed E-state index contributed by atoms with van der Waals surface area (Å²) in [6, 6.07) is 0. The Balaban J connectivity index is 2.36. The van der Waals surface area contributed by atoms with Crippen LogP contribution in [0, 0.1) is 22.7 Å². The molecule has 0 aliphatic heterocycles. The van der Waals surface area contributed by atoms with Crippen molar-refractivity contribution >= 4 is 17.5 Å². The number of ether oxygens (including phenoxy) is 1. The van der Waals surface area contributed by atoms with Gasteiger partial charge in [-0.15, -0.1) is 0 Å². The van der Waals surface area contributed by atoms with Gasteiger partial charge in [-0.2, -0.15) is 0 Å². The fourth-order valence-corrected chi connectivity index (χ4v) is 5.97. The number of allylic oxidation sites excluding steroid dienone is 2. The van der Waals surface area contributed by atoms with Gasteiger partial charge < -0.3 is 14.9 Å². The summed E-state index contributed by atoms with van der Waals surface area (Å²) in [6.45, 7) is 10.6. The van der Waals surface area contributed by atoms with Gasteiger partial charge in [-0.1, -0.05) is 41.0 Å². The Morgan fingerprint density at radius 2 is 1.75 bits per heavy atom. The summed E-state index contributed by atoms with van der Waals surface area (Å²) < 4.78 is 5.44. The van der Waals surface area contributed by atoms with Gasteiger partial charge in [-0.25, -0.2) is 0 Å². The number of rotatable bonds is 2. The van der Waals surface area contributed by atoms with Crippen molar-refractivity contribution in [2.75, 3.05) is 0 Å². The Bertz CT molecular complexity index is 815. The van der Waals surface area contributed by atoms with Crippen LogP contribution in [0.3, 0.4) is 0 Å². The third kappa shape index (κ3) is 2.76.